The number of halogens is 1. The Morgan fingerprint density at radius 2 is 1.84 bits per heavy atom. The summed E-state index contributed by atoms with van der Waals surface area (Å²) in [6, 6.07) is 0.722. The van der Waals surface area contributed by atoms with E-state index < -0.39 is 39.6 Å². The van der Waals surface area contributed by atoms with Gasteiger partial charge in [-0.05, 0) is 65.0 Å². The molecule has 1 aliphatic carbocycles. The van der Waals surface area contributed by atoms with Crippen molar-refractivity contribution >= 4 is 51.1 Å². The zero-order chi connectivity index (χ0) is 35.8. The lowest BCUT2D eigenvalue weighted by molar-refractivity contribution is -0.154. The lowest BCUT2D eigenvalue weighted by atomic mass is 9.92. The van der Waals surface area contributed by atoms with Gasteiger partial charge in [-0.2, -0.15) is 5.10 Å². The van der Waals surface area contributed by atoms with Gasteiger partial charge in [0.25, 0.3) is 0 Å². The molecule has 3 aliphatic rings. The molecule has 1 unspecified atom stereocenters. The predicted molar refractivity (Wildman–Crippen MR) is 184 cm³/mol. The number of anilines is 1. The first kappa shape index (κ1) is 36.4. The van der Waals surface area contributed by atoms with Crippen molar-refractivity contribution in [2.45, 2.75) is 91.0 Å². The smallest absolute Gasteiger partial charge is 0.408 e. The summed E-state index contributed by atoms with van der Waals surface area (Å²) in [7, 11) is -3.59. The first-order valence-electron chi connectivity index (χ1n) is 16.5. The number of hydrogen-bond acceptors (Lipinski definition) is 10. The van der Waals surface area contributed by atoms with Gasteiger partial charge >= 0.3 is 12.1 Å². The van der Waals surface area contributed by atoms with Crippen LogP contribution in [0.1, 0.15) is 77.6 Å². The van der Waals surface area contributed by atoms with Crippen LogP contribution in [-0.2, 0) is 29.1 Å². The van der Waals surface area contributed by atoms with Crippen LogP contribution in [0.4, 0.5) is 10.6 Å². The molecule has 0 bridgehead atoms. The number of ether oxygens (including phenoxy) is 2. The number of nitrogens with one attached hydrogen (secondary N) is 2. The lowest BCUT2D eigenvalue weighted by Crippen LogP contribution is -2.56. The maximum absolute atomic E-state index is 14.0. The minimum Gasteiger partial charge on any atom is -0.457 e. The van der Waals surface area contributed by atoms with E-state index in [9.17, 15) is 22.8 Å². The number of amides is 2. The highest BCUT2D eigenvalue weighted by atomic mass is 35.5. The van der Waals surface area contributed by atoms with Crippen LogP contribution in [0.3, 0.4) is 0 Å². The number of hydrogen-bond donors (Lipinski definition) is 2. The summed E-state index contributed by atoms with van der Waals surface area (Å²) in [5, 5.41) is 7.93. The van der Waals surface area contributed by atoms with E-state index in [4.69, 9.17) is 31.2 Å². The Labute approximate surface area is 292 Å². The number of aryl methyl sites for hydroxylation is 1. The maximum atomic E-state index is 14.0. The number of sulfonamides is 1. The molecular weight excluding hydrogens is 674 g/mol. The quantitative estimate of drug-likeness (QED) is 0.363. The second-order valence-corrected chi connectivity index (χ2v) is 16.6. The van der Waals surface area contributed by atoms with Gasteiger partial charge in [0.05, 0.1) is 37.0 Å². The standard InChI is InChI=1S/C33H46ClN7O7S/c1-19(2)28(36-32(44)48-33(4,5)6)31(43)47-22-17-39(18-22)29-20(3)16-41-27(35-29)15-25(37-41)26-10-8-9-13-40(26)30(42)23-14-21(34)11-12-24(23)38-49(7,45)46/h11-12,15-16,19,22-23,26,28,38H,8-10,13-14,17-18H2,1-7H3,(H,36,44)/t23?,26-,28-/m0/s1. The number of alkyl carbamates (subject to hydrolysis) is 1. The number of piperidine rings is 1. The SMILES string of the molecule is Cc1cn2nc([C@@H]3CCCCN3C(=O)C3CC(Cl)=CC=C3NS(C)(=O)=O)cc2nc1N1CC(OC(=O)[C@@H](NC(=O)OC(C)(C)C)C(C)C)C1. The topological polar surface area (TPSA) is 165 Å². The average molecular weight is 720 g/mol. The van der Waals surface area contributed by atoms with Crippen molar-refractivity contribution in [3.8, 4) is 0 Å². The van der Waals surface area contributed by atoms with Crippen LogP contribution in [0.2, 0.25) is 0 Å². The minimum absolute atomic E-state index is 0.200. The van der Waals surface area contributed by atoms with Crippen molar-refractivity contribution in [1.82, 2.24) is 29.5 Å². The summed E-state index contributed by atoms with van der Waals surface area (Å²) in [6.07, 6.45) is 7.71. The van der Waals surface area contributed by atoms with E-state index in [1.807, 2.05) is 37.9 Å². The molecule has 268 valence electrons. The van der Waals surface area contributed by atoms with Crippen molar-refractivity contribution in [2.24, 2.45) is 11.8 Å². The summed E-state index contributed by atoms with van der Waals surface area (Å²) in [5.74, 6) is -0.940. The molecule has 49 heavy (non-hydrogen) atoms. The molecule has 2 aromatic rings. The molecule has 2 amide bonds. The Bertz CT molecular complexity index is 1780. The molecule has 0 aromatic carbocycles. The van der Waals surface area contributed by atoms with Gasteiger partial charge in [0.1, 0.15) is 23.6 Å². The van der Waals surface area contributed by atoms with Crippen molar-refractivity contribution in [2.75, 3.05) is 30.8 Å². The summed E-state index contributed by atoms with van der Waals surface area (Å²) in [6.45, 7) is 12.2. The normalized spacial score (nSPS) is 21.1. The zero-order valence-corrected chi connectivity index (χ0v) is 30.6. The Kier molecular flexibility index (Phi) is 10.5. The second-order valence-electron chi connectivity index (χ2n) is 14.4. The van der Waals surface area contributed by atoms with E-state index in [0.717, 1.165) is 30.5 Å². The monoisotopic (exact) mass is 719 g/mol. The zero-order valence-electron chi connectivity index (χ0n) is 29.0. The van der Waals surface area contributed by atoms with Crippen LogP contribution in [-0.4, -0.2) is 89.5 Å². The Morgan fingerprint density at radius 3 is 2.49 bits per heavy atom. The minimum atomic E-state index is -3.59. The average Bonchev–Trinajstić information content (AvgIpc) is 3.38. The van der Waals surface area contributed by atoms with Gasteiger partial charge in [-0.25, -0.2) is 27.5 Å². The third-order valence-electron chi connectivity index (χ3n) is 8.59. The van der Waals surface area contributed by atoms with Gasteiger partial charge in [-0.1, -0.05) is 25.4 Å². The molecule has 14 nitrogen and oxygen atoms in total. The van der Waals surface area contributed by atoms with Crippen LogP contribution in [0, 0.1) is 18.8 Å². The molecule has 16 heteroatoms. The van der Waals surface area contributed by atoms with Crippen LogP contribution < -0.4 is 14.9 Å². The molecule has 2 aliphatic heterocycles. The molecule has 0 radical (unpaired) electrons. The van der Waals surface area contributed by atoms with Crippen molar-refractivity contribution in [3.05, 3.63) is 46.4 Å². The van der Waals surface area contributed by atoms with Crippen LogP contribution in [0.15, 0.2) is 35.1 Å². The fraction of sp³-hybridized carbons (Fsp3) is 0.606. The van der Waals surface area contributed by atoms with Crippen LogP contribution in [0.25, 0.3) is 5.65 Å². The number of aromatic nitrogens is 3. The van der Waals surface area contributed by atoms with Gasteiger partial charge in [-0.3, -0.25) is 9.52 Å². The van der Waals surface area contributed by atoms with Crippen LogP contribution >= 0.6 is 11.6 Å². The Morgan fingerprint density at radius 1 is 1.12 bits per heavy atom. The first-order valence-corrected chi connectivity index (χ1v) is 18.8. The fourth-order valence-corrected chi connectivity index (χ4v) is 7.13. The van der Waals surface area contributed by atoms with Gasteiger partial charge in [0.2, 0.25) is 15.9 Å². The van der Waals surface area contributed by atoms with Crippen molar-refractivity contribution in [1.29, 1.82) is 0 Å². The summed E-state index contributed by atoms with van der Waals surface area (Å²) < 4.78 is 39.3. The van der Waals surface area contributed by atoms with Gasteiger partial charge in [0, 0.05) is 41.5 Å². The van der Waals surface area contributed by atoms with Gasteiger partial charge in [0.15, 0.2) is 5.65 Å². The van der Waals surface area contributed by atoms with E-state index in [2.05, 4.69) is 10.0 Å². The molecule has 2 N–H and O–H groups in total. The first-order chi connectivity index (χ1) is 22.9. The van der Waals surface area contributed by atoms with E-state index in [0.29, 0.717) is 48.1 Å². The van der Waals surface area contributed by atoms with Gasteiger partial charge in [-0.15, -0.1) is 0 Å². The third-order valence-corrected chi connectivity index (χ3v) is 9.48. The maximum Gasteiger partial charge on any atom is 0.408 e. The number of rotatable bonds is 9. The second kappa shape index (κ2) is 14.2. The summed E-state index contributed by atoms with van der Waals surface area (Å²) >= 11 is 6.30. The van der Waals surface area contributed by atoms with Crippen molar-refractivity contribution in [3.63, 3.8) is 0 Å². The number of allylic oxidation sites excluding steroid dienone is 3. The molecule has 2 saturated heterocycles. The number of nitrogens with zero attached hydrogens (tertiary/aromatic N) is 5. The highest BCUT2D eigenvalue weighted by Crippen LogP contribution is 2.36. The molecule has 5 rings (SSSR count). The number of likely N-dealkylation sites (tertiary alicyclic amines) is 1. The summed E-state index contributed by atoms with van der Waals surface area (Å²) in [5.41, 5.74) is 1.79. The van der Waals surface area contributed by atoms with E-state index in [-0.39, 0.29) is 30.4 Å². The van der Waals surface area contributed by atoms with Crippen LogP contribution in [0.5, 0.6) is 0 Å². The molecular formula is C33H46ClN7O7S. The van der Waals surface area contributed by atoms with E-state index in [1.165, 1.54) is 0 Å². The van der Waals surface area contributed by atoms with E-state index >= 15 is 0 Å². The molecule has 0 spiro atoms. The van der Waals surface area contributed by atoms with Gasteiger partial charge < -0.3 is 24.6 Å². The largest absolute Gasteiger partial charge is 0.457 e. The van der Waals surface area contributed by atoms with E-state index in [1.54, 1.807) is 42.3 Å². The Balaban J connectivity index is 1.27. The number of carbonyl (C=O) groups excluding carboxylic acids is 3. The molecule has 4 heterocycles. The Hall–Kier alpha value is -3.85. The molecule has 2 fully saturated rings. The highest BCUT2D eigenvalue weighted by Gasteiger charge is 2.38. The molecule has 2 aromatic heterocycles. The predicted octanol–water partition coefficient (Wildman–Crippen LogP) is 3.95. The number of carbonyl (C=O) groups is 3. The highest BCUT2D eigenvalue weighted by molar-refractivity contribution is 7.88. The van der Waals surface area contributed by atoms with Crippen molar-refractivity contribution < 1.29 is 32.3 Å². The lowest BCUT2D eigenvalue weighted by Gasteiger charge is -2.40. The molecule has 3 atom stereocenters. The summed E-state index contributed by atoms with van der Waals surface area (Å²) in [4.78, 5) is 48.0. The number of esters is 1. The third kappa shape index (κ3) is 8.85. The fourth-order valence-electron chi connectivity index (χ4n) is 6.27. The number of fused-ring (bicyclic) bond motifs is 1. The molecule has 0 saturated carbocycles.